The molecular formula is C12H16O4. The lowest BCUT2D eigenvalue weighted by atomic mass is 10.1. The topological polar surface area (TPSA) is 80.9 Å². The molecule has 0 bridgehead atoms. The number of hydrogen-bond acceptors (Lipinski definition) is 4. The molecular weight excluding hydrogens is 208 g/mol. The van der Waals surface area contributed by atoms with Gasteiger partial charge in [-0.25, -0.2) is 0 Å². The second-order valence-corrected chi connectivity index (χ2v) is 3.59. The highest BCUT2D eigenvalue weighted by atomic mass is 16.3. The van der Waals surface area contributed by atoms with Crippen LogP contribution in [-0.4, -0.2) is 32.6 Å². The number of aliphatic hydroxyl groups excluding tert-OH is 3. The Balaban J connectivity index is 2.93. The van der Waals surface area contributed by atoms with Crippen molar-refractivity contribution in [3.8, 4) is 5.75 Å². The predicted molar refractivity (Wildman–Crippen MR) is 60.8 cm³/mol. The van der Waals surface area contributed by atoms with E-state index in [1.807, 2.05) is 0 Å². The van der Waals surface area contributed by atoms with Crippen molar-refractivity contribution in [1.29, 1.82) is 0 Å². The third-order valence-corrected chi connectivity index (χ3v) is 2.31. The molecule has 4 heteroatoms. The Bertz CT molecular complexity index is 371. The van der Waals surface area contributed by atoms with Crippen molar-refractivity contribution in [2.75, 3.05) is 0 Å². The molecule has 0 aliphatic rings. The summed E-state index contributed by atoms with van der Waals surface area (Å²) in [6.45, 7) is 1.20. The van der Waals surface area contributed by atoms with E-state index in [1.165, 1.54) is 19.1 Å². The molecule has 0 amide bonds. The first kappa shape index (κ1) is 12.7. The van der Waals surface area contributed by atoms with Crippen molar-refractivity contribution in [3.63, 3.8) is 0 Å². The fourth-order valence-electron chi connectivity index (χ4n) is 1.28. The number of hydrogen-bond donors (Lipinski definition) is 4. The SMILES string of the molecule is C[C@@H](O)[C@H](O)/C=C/c1cccc(O)c1CO. The molecule has 1 aromatic rings. The largest absolute Gasteiger partial charge is 0.508 e. The van der Waals surface area contributed by atoms with Gasteiger partial charge in [0.25, 0.3) is 0 Å². The maximum absolute atomic E-state index is 9.46. The third-order valence-electron chi connectivity index (χ3n) is 2.31. The highest BCUT2D eigenvalue weighted by Crippen LogP contribution is 2.22. The lowest BCUT2D eigenvalue weighted by molar-refractivity contribution is 0.0624. The zero-order chi connectivity index (χ0) is 12.1. The molecule has 4 nitrogen and oxygen atoms in total. The molecule has 0 unspecified atom stereocenters. The fourth-order valence-corrected chi connectivity index (χ4v) is 1.28. The molecule has 4 N–H and O–H groups in total. The van der Waals surface area contributed by atoms with Gasteiger partial charge < -0.3 is 20.4 Å². The molecule has 88 valence electrons. The first-order valence-electron chi connectivity index (χ1n) is 5.02. The van der Waals surface area contributed by atoms with Gasteiger partial charge in [0.05, 0.1) is 18.8 Å². The summed E-state index contributed by atoms with van der Waals surface area (Å²) < 4.78 is 0. The summed E-state index contributed by atoms with van der Waals surface area (Å²) >= 11 is 0. The van der Waals surface area contributed by atoms with E-state index in [1.54, 1.807) is 18.2 Å². The van der Waals surface area contributed by atoms with Crippen LogP contribution in [0.3, 0.4) is 0 Å². The molecule has 0 aliphatic heterocycles. The molecule has 0 heterocycles. The van der Waals surface area contributed by atoms with Crippen LogP contribution in [0, 0.1) is 0 Å². The molecule has 1 rings (SSSR count). The second-order valence-electron chi connectivity index (χ2n) is 3.59. The van der Waals surface area contributed by atoms with Gasteiger partial charge in [-0.2, -0.15) is 0 Å². The van der Waals surface area contributed by atoms with E-state index < -0.39 is 12.2 Å². The van der Waals surface area contributed by atoms with Gasteiger partial charge in [0.15, 0.2) is 0 Å². The van der Waals surface area contributed by atoms with E-state index in [0.29, 0.717) is 11.1 Å². The van der Waals surface area contributed by atoms with Crippen LogP contribution < -0.4 is 0 Å². The van der Waals surface area contributed by atoms with Crippen LogP contribution in [0.15, 0.2) is 24.3 Å². The summed E-state index contributed by atoms with van der Waals surface area (Å²) in [5.74, 6) is 0.0104. The Hall–Kier alpha value is -1.36. The molecule has 1 aromatic carbocycles. The molecule has 2 atom stereocenters. The highest BCUT2D eigenvalue weighted by Gasteiger charge is 2.07. The van der Waals surface area contributed by atoms with Gasteiger partial charge in [-0.1, -0.05) is 24.3 Å². The van der Waals surface area contributed by atoms with Crippen LogP contribution in [0.25, 0.3) is 6.08 Å². The average Bonchev–Trinajstić information content (AvgIpc) is 2.25. The first-order chi connectivity index (χ1) is 7.56. The normalized spacial score (nSPS) is 15.2. The number of phenols is 1. The lowest BCUT2D eigenvalue weighted by Gasteiger charge is -2.09. The Morgan fingerprint density at radius 2 is 2.00 bits per heavy atom. The molecule has 0 aliphatic carbocycles. The van der Waals surface area contributed by atoms with Crippen molar-refractivity contribution in [2.24, 2.45) is 0 Å². The van der Waals surface area contributed by atoms with Crippen LogP contribution in [0.4, 0.5) is 0 Å². The quantitative estimate of drug-likeness (QED) is 0.605. The Morgan fingerprint density at radius 3 is 2.56 bits per heavy atom. The Morgan fingerprint density at radius 1 is 1.31 bits per heavy atom. The molecule has 0 spiro atoms. The minimum atomic E-state index is -0.964. The lowest BCUT2D eigenvalue weighted by Crippen LogP contribution is -2.19. The second kappa shape index (κ2) is 5.65. The van der Waals surface area contributed by atoms with Gasteiger partial charge in [0.2, 0.25) is 0 Å². The standard InChI is InChI=1S/C12H16O4/c1-8(14)11(15)6-5-9-3-2-4-12(16)10(9)7-13/h2-6,8,11,13-16H,7H2,1H3/b6-5+/t8-,11-/m1/s1. The van der Waals surface area contributed by atoms with Gasteiger partial charge in [-0.15, -0.1) is 0 Å². The van der Waals surface area contributed by atoms with Crippen LogP contribution in [0.1, 0.15) is 18.1 Å². The molecule has 0 aromatic heterocycles. The van der Waals surface area contributed by atoms with Crippen molar-refractivity contribution < 1.29 is 20.4 Å². The zero-order valence-electron chi connectivity index (χ0n) is 9.04. The van der Waals surface area contributed by atoms with E-state index in [4.69, 9.17) is 10.2 Å². The monoisotopic (exact) mass is 224 g/mol. The number of rotatable bonds is 4. The summed E-state index contributed by atoms with van der Waals surface area (Å²) in [7, 11) is 0. The Kier molecular flexibility index (Phi) is 4.49. The first-order valence-corrected chi connectivity index (χ1v) is 5.02. The van der Waals surface area contributed by atoms with Crippen LogP contribution in [0.2, 0.25) is 0 Å². The van der Waals surface area contributed by atoms with Gasteiger partial charge in [0, 0.05) is 5.56 Å². The van der Waals surface area contributed by atoms with Gasteiger partial charge in [0.1, 0.15) is 5.75 Å². The molecule has 16 heavy (non-hydrogen) atoms. The van der Waals surface area contributed by atoms with Crippen LogP contribution in [-0.2, 0) is 6.61 Å². The van der Waals surface area contributed by atoms with Crippen molar-refractivity contribution in [2.45, 2.75) is 25.7 Å². The van der Waals surface area contributed by atoms with E-state index in [2.05, 4.69) is 0 Å². The summed E-state index contributed by atoms with van der Waals surface area (Å²) in [6, 6.07) is 4.83. The van der Waals surface area contributed by atoms with E-state index >= 15 is 0 Å². The smallest absolute Gasteiger partial charge is 0.121 e. The zero-order valence-corrected chi connectivity index (χ0v) is 9.04. The summed E-state index contributed by atoms with van der Waals surface area (Å²) in [5, 5.41) is 37.0. The van der Waals surface area contributed by atoms with E-state index in [-0.39, 0.29) is 12.4 Å². The molecule has 0 saturated carbocycles. The minimum Gasteiger partial charge on any atom is -0.508 e. The number of aliphatic hydroxyl groups is 3. The number of aromatic hydroxyl groups is 1. The summed E-state index contributed by atoms with van der Waals surface area (Å²) in [5.41, 5.74) is 1.01. The van der Waals surface area contributed by atoms with Gasteiger partial charge >= 0.3 is 0 Å². The van der Waals surface area contributed by atoms with Crippen molar-refractivity contribution in [1.82, 2.24) is 0 Å². The molecule has 0 radical (unpaired) electrons. The minimum absolute atomic E-state index is 0.0104. The maximum Gasteiger partial charge on any atom is 0.121 e. The third kappa shape index (κ3) is 3.06. The van der Waals surface area contributed by atoms with Gasteiger partial charge in [-0.3, -0.25) is 0 Å². The van der Waals surface area contributed by atoms with E-state index in [9.17, 15) is 10.2 Å². The summed E-state index contributed by atoms with van der Waals surface area (Å²) in [4.78, 5) is 0. The number of benzene rings is 1. The van der Waals surface area contributed by atoms with Crippen molar-refractivity contribution in [3.05, 3.63) is 35.4 Å². The highest BCUT2D eigenvalue weighted by molar-refractivity contribution is 5.57. The van der Waals surface area contributed by atoms with Crippen LogP contribution >= 0.6 is 0 Å². The Labute approximate surface area is 94.1 Å². The maximum atomic E-state index is 9.46. The average molecular weight is 224 g/mol. The molecule has 0 saturated heterocycles. The predicted octanol–water partition coefficient (Wildman–Crippen LogP) is 0.639. The van der Waals surface area contributed by atoms with Crippen LogP contribution in [0.5, 0.6) is 5.75 Å². The fraction of sp³-hybridized carbons (Fsp3) is 0.333. The summed E-state index contributed by atoms with van der Waals surface area (Å²) in [6.07, 6.45) is 1.15. The van der Waals surface area contributed by atoms with E-state index in [0.717, 1.165) is 0 Å². The van der Waals surface area contributed by atoms with Crippen molar-refractivity contribution >= 4 is 6.08 Å². The molecule has 0 fully saturated rings. The van der Waals surface area contributed by atoms with Gasteiger partial charge in [-0.05, 0) is 18.6 Å².